The van der Waals surface area contributed by atoms with Crippen molar-refractivity contribution in [3.63, 3.8) is 0 Å². The zero-order chi connectivity index (χ0) is 9.68. The summed E-state index contributed by atoms with van der Waals surface area (Å²) in [6.45, 7) is 1.88. The average molecular weight is 193 g/mol. The van der Waals surface area contributed by atoms with E-state index >= 15 is 0 Å². The average Bonchev–Trinajstić information content (AvgIpc) is 2.18. The number of rotatable bonds is 3. The zero-order valence-electron chi connectivity index (χ0n) is 7.65. The van der Waals surface area contributed by atoms with E-state index in [0.717, 1.165) is 10.6 Å². The van der Waals surface area contributed by atoms with Crippen LogP contribution in [0.4, 0.5) is 0 Å². The first kappa shape index (κ1) is 9.94. The van der Waals surface area contributed by atoms with Gasteiger partial charge in [0, 0.05) is 4.90 Å². The molecule has 0 bridgehead atoms. The first-order chi connectivity index (χ1) is 6.26. The molecule has 1 aromatic rings. The van der Waals surface area contributed by atoms with Gasteiger partial charge in [-0.15, -0.1) is 11.8 Å². The van der Waals surface area contributed by atoms with Crippen LogP contribution in [0.2, 0.25) is 0 Å². The summed E-state index contributed by atoms with van der Waals surface area (Å²) in [6, 6.07) is 9.89. The highest BCUT2D eigenvalue weighted by Crippen LogP contribution is 2.25. The maximum atomic E-state index is 8.62. The van der Waals surface area contributed by atoms with Crippen LogP contribution in [0.1, 0.15) is 6.92 Å². The summed E-state index contributed by atoms with van der Waals surface area (Å²) in [5.41, 5.74) is 0. The van der Waals surface area contributed by atoms with Gasteiger partial charge in [-0.1, -0.05) is 6.07 Å². The lowest BCUT2D eigenvalue weighted by molar-refractivity contribution is 0.413. The van der Waals surface area contributed by atoms with Crippen LogP contribution in [0, 0.1) is 11.3 Å². The highest BCUT2D eigenvalue weighted by molar-refractivity contribution is 8.00. The maximum Gasteiger partial charge on any atom is 0.119 e. The van der Waals surface area contributed by atoms with Crippen molar-refractivity contribution in [1.82, 2.24) is 0 Å². The second-order valence-corrected chi connectivity index (χ2v) is 3.98. The van der Waals surface area contributed by atoms with E-state index in [9.17, 15) is 0 Å². The Kier molecular flexibility index (Phi) is 3.66. The lowest BCUT2D eigenvalue weighted by Crippen LogP contribution is -1.89. The highest BCUT2D eigenvalue weighted by atomic mass is 32.2. The van der Waals surface area contributed by atoms with Crippen molar-refractivity contribution in [2.45, 2.75) is 17.1 Å². The minimum absolute atomic E-state index is 0.0212. The van der Waals surface area contributed by atoms with Gasteiger partial charge in [0.1, 0.15) is 5.75 Å². The molecule has 3 heteroatoms. The van der Waals surface area contributed by atoms with Gasteiger partial charge in [-0.2, -0.15) is 5.26 Å². The topological polar surface area (TPSA) is 33.0 Å². The molecule has 0 aliphatic carbocycles. The number of hydrogen-bond donors (Lipinski definition) is 0. The fraction of sp³-hybridized carbons (Fsp3) is 0.300. The molecule has 0 amide bonds. The van der Waals surface area contributed by atoms with Crippen molar-refractivity contribution in [3.8, 4) is 11.8 Å². The van der Waals surface area contributed by atoms with E-state index in [4.69, 9.17) is 10.00 Å². The lowest BCUT2D eigenvalue weighted by Gasteiger charge is -2.04. The molecule has 0 aromatic heterocycles. The molecule has 1 aromatic carbocycles. The number of thioether (sulfide) groups is 1. The van der Waals surface area contributed by atoms with Gasteiger partial charge in [-0.25, -0.2) is 0 Å². The Hall–Kier alpha value is -1.14. The van der Waals surface area contributed by atoms with Gasteiger partial charge in [0.25, 0.3) is 0 Å². The second kappa shape index (κ2) is 4.78. The third-order valence-corrected chi connectivity index (χ3v) is 2.52. The van der Waals surface area contributed by atoms with Gasteiger partial charge < -0.3 is 4.74 Å². The van der Waals surface area contributed by atoms with Crippen molar-refractivity contribution in [3.05, 3.63) is 24.3 Å². The summed E-state index contributed by atoms with van der Waals surface area (Å²) in [7, 11) is 1.64. The fourth-order valence-electron chi connectivity index (χ4n) is 0.905. The van der Waals surface area contributed by atoms with Gasteiger partial charge in [-0.3, -0.25) is 0 Å². The molecule has 0 radical (unpaired) electrons. The Balaban J connectivity index is 2.73. The SMILES string of the molecule is COc1cccc(SC(C)C#N)c1. The highest BCUT2D eigenvalue weighted by Gasteiger charge is 2.02. The molecular weight excluding hydrogens is 182 g/mol. The number of nitrogens with zero attached hydrogens (tertiary/aromatic N) is 1. The third kappa shape index (κ3) is 3.00. The quantitative estimate of drug-likeness (QED) is 0.692. The van der Waals surface area contributed by atoms with Crippen LogP contribution in [-0.4, -0.2) is 12.4 Å². The first-order valence-corrected chi connectivity index (χ1v) is 4.84. The molecule has 0 N–H and O–H groups in total. The number of nitriles is 1. The molecule has 0 spiro atoms. The Morgan fingerprint density at radius 3 is 2.92 bits per heavy atom. The van der Waals surface area contributed by atoms with Crippen molar-refractivity contribution >= 4 is 11.8 Å². The summed E-state index contributed by atoms with van der Waals surface area (Å²) in [6.07, 6.45) is 0. The number of ether oxygens (including phenoxy) is 1. The van der Waals surface area contributed by atoms with Crippen molar-refractivity contribution < 1.29 is 4.74 Å². The summed E-state index contributed by atoms with van der Waals surface area (Å²) in [5.74, 6) is 0.829. The predicted molar refractivity (Wildman–Crippen MR) is 53.9 cm³/mol. The number of methoxy groups -OCH3 is 1. The second-order valence-electron chi connectivity index (χ2n) is 2.57. The van der Waals surface area contributed by atoms with Gasteiger partial charge in [0.15, 0.2) is 0 Å². The molecule has 1 unspecified atom stereocenters. The molecule has 0 aliphatic rings. The summed E-state index contributed by atoms with van der Waals surface area (Å²) < 4.78 is 5.07. The Bertz CT molecular complexity index is 319. The minimum Gasteiger partial charge on any atom is -0.497 e. The largest absolute Gasteiger partial charge is 0.497 e. The molecule has 0 heterocycles. The van der Waals surface area contributed by atoms with Crippen molar-refractivity contribution in [2.75, 3.05) is 7.11 Å². The standard InChI is InChI=1S/C10H11NOS/c1-8(7-11)13-10-5-3-4-9(6-10)12-2/h3-6,8H,1-2H3. The van der Waals surface area contributed by atoms with Gasteiger partial charge in [-0.05, 0) is 25.1 Å². The van der Waals surface area contributed by atoms with Crippen LogP contribution >= 0.6 is 11.8 Å². The normalized spacial score (nSPS) is 11.8. The van der Waals surface area contributed by atoms with Crippen LogP contribution in [0.15, 0.2) is 29.2 Å². The molecule has 13 heavy (non-hydrogen) atoms. The molecule has 2 nitrogen and oxygen atoms in total. The molecule has 0 aliphatic heterocycles. The van der Waals surface area contributed by atoms with Crippen LogP contribution in [0.25, 0.3) is 0 Å². The zero-order valence-corrected chi connectivity index (χ0v) is 8.47. The van der Waals surface area contributed by atoms with Crippen LogP contribution < -0.4 is 4.74 Å². The summed E-state index contributed by atoms with van der Waals surface area (Å²) >= 11 is 1.53. The van der Waals surface area contributed by atoms with E-state index in [1.165, 1.54) is 11.8 Å². The van der Waals surface area contributed by atoms with E-state index in [1.54, 1.807) is 7.11 Å². The van der Waals surface area contributed by atoms with Gasteiger partial charge >= 0.3 is 0 Å². The summed E-state index contributed by atoms with van der Waals surface area (Å²) in [4.78, 5) is 1.06. The molecule has 0 fully saturated rings. The number of hydrogen-bond acceptors (Lipinski definition) is 3. The molecular formula is C10H11NOS. The van der Waals surface area contributed by atoms with E-state index in [0.29, 0.717) is 0 Å². The summed E-state index contributed by atoms with van der Waals surface area (Å²) in [5, 5.41) is 8.60. The predicted octanol–water partition coefficient (Wildman–Crippen LogP) is 2.70. The molecule has 1 atom stereocenters. The van der Waals surface area contributed by atoms with Crippen LogP contribution in [-0.2, 0) is 0 Å². The minimum atomic E-state index is -0.0212. The Morgan fingerprint density at radius 1 is 1.54 bits per heavy atom. The molecule has 0 saturated carbocycles. The lowest BCUT2D eigenvalue weighted by atomic mass is 10.3. The van der Waals surface area contributed by atoms with Gasteiger partial charge in [0.2, 0.25) is 0 Å². The van der Waals surface area contributed by atoms with E-state index in [2.05, 4.69) is 6.07 Å². The Morgan fingerprint density at radius 2 is 2.31 bits per heavy atom. The molecule has 1 rings (SSSR count). The van der Waals surface area contributed by atoms with E-state index in [-0.39, 0.29) is 5.25 Å². The van der Waals surface area contributed by atoms with Gasteiger partial charge in [0.05, 0.1) is 18.4 Å². The monoisotopic (exact) mass is 193 g/mol. The van der Waals surface area contributed by atoms with Crippen LogP contribution in [0.5, 0.6) is 5.75 Å². The van der Waals surface area contributed by atoms with E-state index < -0.39 is 0 Å². The Labute approximate surface area is 82.5 Å². The van der Waals surface area contributed by atoms with E-state index in [1.807, 2.05) is 31.2 Å². The van der Waals surface area contributed by atoms with Crippen molar-refractivity contribution in [2.24, 2.45) is 0 Å². The molecule has 0 saturated heterocycles. The fourth-order valence-corrected chi connectivity index (χ4v) is 1.71. The first-order valence-electron chi connectivity index (χ1n) is 3.96. The van der Waals surface area contributed by atoms with Crippen LogP contribution in [0.3, 0.4) is 0 Å². The smallest absolute Gasteiger partial charge is 0.119 e. The maximum absolute atomic E-state index is 8.62. The van der Waals surface area contributed by atoms with Crippen molar-refractivity contribution in [1.29, 1.82) is 5.26 Å². The molecule has 68 valence electrons. The number of benzene rings is 1. The third-order valence-electron chi connectivity index (χ3n) is 1.54.